The third-order valence-electron chi connectivity index (χ3n) is 3.02. The van der Waals surface area contributed by atoms with Gasteiger partial charge in [-0.2, -0.15) is 5.10 Å². The van der Waals surface area contributed by atoms with Crippen molar-refractivity contribution in [2.75, 3.05) is 6.61 Å². The van der Waals surface area contributed by atoms with Crippen LogP contribution in [0.2, 0.25) is 0 Å². The number of nitrogens with zero attached hydrogens (tertiary/aromatic N) is 3. The summed E-state index contributed by atoms with van der Waals surface area (Å²) in [7, 11) is 1.86. The van der Waals surface area contributed by atoms with Crippen LogP contribution in [0.3, 0.4) is 0 Å². The molecule has 0 fully saturated rings. The fraction of sp³-hybridized carbons (Fsp3) is 0.286. The van der Waals surface area contributed by atoms with E-state index in [1.807, 2.05) is 13.1 Å². The molecule has 0 atom stereocenters. The Morgan fingerprint density at radius 1 is 1.45 bits per heavy atom. The molecule has 2 rings (SSSR count). The van der Waals surface area contributed by atoms with Crippen LogP contribution in [0.5, 0.6) is 5.75 Å². The van der Waals surface area contributed by atoms with Gasteiger partial charge in [0, 0.05) is 30.9 Å². The van der Waals surface area contributed by atoms with Crippen molar-refractivity contribution in [1.29, 1.82) is 0 Å². The average Bonchev–Trinajstić information content (AvgIpc) is 2.85. The van der Waals surface area contributed by atoms with E-state index in [0.29, 0.717) is 30.1 Å². The third kappa shape index (κ3) is 3.14. The van der Waals surface area contributed by atoms with Crippen LogP contribution in [0.25, 0.3) is 0 Å². The van der Waals surface area contributed by atoms with Crippen LogP contribution in [-0.4, -0.2) is 27.3 Å². The van der Waals surface area contributed by atoms with E-state index in [1.165, 1.54) is 18.2 Å². The lowest BCUT2D eigenvalue weighted by atomic mass is 10.1. The predicted molar refractivity (Wildman–Crippen MR) is 72.8 cm³/mol. The fourth-order valence-corrected chi connectivity index (χ4v) is 1.88. The molecule has 1 heterocycles. The number of halogens is 1. The van der Waals surface area contributed by atoms with Gasteiger partial charge in [0.05, 0.1) is 12.3 Å². The van der Waals surface area contributed by atoms with Crippen LogP contribution in [0.1, 0.15) is 18.2 Å². The van der Waals surface area contributed by atoms with Crippen molar-refractivity contribution in [2.24, 2.45) is 12.2 Å². The predicted octanol–water partition coefficient (Wildman–Crippen LogP) is 2.38. The number of rotatable bonds is 5. The SMILES string of the molecule is C/C(=N/O)c1cc(F)ccc1OCCc1ccnn1C. The molecule has 0 aliphatic heterocycles. The number of aryl methyl sites for hydroxylation is 1. The second-order valence-corrected chi connectivity index (χ2v) is 4.37. The number of benzene rings is 1. The molecule has 0 saturated carbocycles. The Bertz CT molecular complexity index is 623. The lowest BCUT2D eigenvalue weighted by Crippen LogP contribution is -2.08. The monoisotopic (exact) mass is 277 g/mol. The number of aromatic nitrogens is 2. The zero-order valence-corrected chi connectivity index (χ0v) is 11.4. The van der Waals surface area contributed by atoms with E-state index in [2.05, 4.69) is 10.3 Å². The summed E-state index contributed by atoms with van der Waals surface area (Å²) in [4.78, 5) is 0. The molecule has 0 spiro atoms. The Balaban J connectivity index is 2.08. The second kappa shape index (κ2) is 6.18. The van der Waals surface area contributed by atoms with E-state index in [9.17, 15) is 4.39 Å². The molecular weight excluding hydrogens is 261 g/mol. The minimum atomic E-state index is -0.401. The van der Waals surface area contributed by atoms with Gasteiger partial charge in [0.1, 0.15) is 11.6 Å². The molecule has 6 heteroatoms. The zero-order chi connectivity index (χ0) is 14.5. The van der Waals surface area contributed by atoms with Crippen molar-refractivity contribution in [2.45, 2.75) is 13.3 Å². The van der Waals surface area contributed by atoms with Crippen LogP contribution in [0.4, 0.5) is 4.39 Å². The van der Waals surface area contributed by atoms with Gasteiger partial charge in [0.15, 0.2) is 0 Å². The van der Waals surface area contributed by atoms with Crippen LogP contribution >= 0.6 is 0 Å². The van der Waals surface area contributed by atoms with Crippen molar-refractivity contribution in [3.05, 3.63) is 47.5 Å². The summed E-state index contributed by atoms with van der Waals surface area (Å²) in [6.45, 7) is 2.01. The van der Waals surface area contributed by atoms with Crippen LogP contribution in [0.15, 0.2) is 35.6 Å². The summed E-state index contributed by atoms with van der Waals surface area (Å²) in [6.07, 6.45) is 2.41. The molecule has 1 N–H and O–H groups in total. The first-order valence-corrected chi connectivity index (χ1v) is 6.20. The van der Waals surface area contributed by atoms with Gasteiger partial charge in [-0.05, 0) is 31.2 Å². The first-order chi connectivity index (χ1) is 9.61. The van der Waals surface area contributed by atoms with Gasteiger partial charge < -0.3 is 9.94 Å². The lowest BCUT2D eigenvalue weighted by Gasteiger charge is -2.11. The summed E-state index contributed by atoms with van der Waals surface area (Å²) in [6, 6.07) is 6.04. The van der Waals surface area contributed by atoms with Gasteiger partial charge in [-0.15, -0.1) is 0 Å². The maximum atomic E-state index is 13.2. The van der Waals surface area contributed by atoms with Crippen LogP contribution < -0.4 is 4.74 Å². The highest BCUT2D eigenvalue weighted by Gasteiger charge is 2.09. The largest absolute Gasteiger partial charge is 0.492 e. The molecule has 0 aliphatic rings. The first-order valence-electron chi connectivity index (χ1n) is 6.20. The lowest BCUT2D eigenvalue weighted by molar-refractivity contribution is 0.312. The number of oxime groups is 1. The number of hydrogen-bond acceptors (Lipinski definition) is 4. The molecular formula is C14H16FN3O2. The third-order valence-corrected chi connectivity index (χ3v) is 3.02. The summed E-state index contributed by atoms with van der Waals surface area (Å²) < 4.78 is 20.7. The molecule has 0 bridgehead atoms. The average molecular weight is 277 g/mol. The van der Waals surface area contributed by atoms with Gasteiger partial charge in [-0.25, -0.2) is 4.39 Å². The standard InChI is InChI=1S/C14H16FN3O2/c1-10(17-19)13-9-11(15)3-4-14(13)20-8-6-12-5-7-16-18(12)2/h3-5,7,9,19H,6,8H2,1-2H3/b17-10-. The highest BCUT2D eigenvalue weighted by atomic mass is 19.1. The van der Waals surface area contributed by atoms with E-state index in [0.717, 1.165) is 5.69 Å². The molecule has 1 aromatic heterocycles. The molecule has 2 aromatic rings. The highest BCUT2D eigenvalue weighted by molar-refractivity contribution is 6.00. The quantitative estimate of drug-likeness (QED) is 0.518. The van der Waals surface area contributed by atoms with Crippen molar-refractivity contribution in [3.63, 3.8) is 0 Å². The Morgan fingerprint density at radius 2 is 2.25 bits per heavy atom. The molecule has 106 valence electrons. The molecule has 0 saturated heterocycles. The highest BCUT2D eigenvalue weighted by Crippen LogP contribution is 2.21. The fourth-order valence-electron chi connectivity index (χ4n) is 1.88. The molecule has 0 unspecified atom stereocenters. The maximum absolute atomic E-state index is 13.2. The molecule has 20 heavy (non-hydrogen) atoms. The second-order valence-electron chi connectivity index (χ2n) is 4.37. The van der Waals surface area contributed by atoms with Gasteiger partial charge in [0.2, 0.25) is 0 Å². The maximum Gasteiger partial charge on any atom is 0.128 e. The Labute approximate surface area is 116 Å². The van der Waals surface area contributed by atoms with E-state index in [4.69, 9.17) is 9.94 Å². The van der Waals surface area contributed by atoms with Crippen LogP contribution in [0, 0.1) is 5.82 Å². The van der Waals surface area contributed by atoms with E-state index in [-0.39, 0.29) is 0 Å². The number of ether oxygens (including phenoxy) is 1. The number of hydrogen-bond donors (Lipinski definition) is 1. The molecule has 1 aromatic carbocycles. The van der Waals surface area contributed by atoms with E-state index in [1.54, 1.807) is 17.8 Å². The Kier molecular flexibility index (Phi) is 4.34. The van der Waals surface area contributed by atoms with Crippen molar-refractivity contribution in [1.82, 2.24) is 9.78 Å². The van der Waals surface area contributed by atoms with Gasteiger partial charge in [-0.1, -0.05) is 5.16 Å². The van der Waals surface area contributed by atoms with E-state index < -0.39 is 5.82 Å². The molecule has 0 radical (unpaired) electrons. The summed E-state index contributed by atoms with van der Waals surface area (Å²) in [5.74, 6) is 0.0888. The summed E-state index contributed by atoms with van der Waals surface area (Å²) in [5, 5.41) is 16.0. The van der Waals surface area contributed by atoms with Gasteiger partial charge in [0.25, 0.3) is 0 Å². The van der Waals surface area contributed by atoms with Crippen LogP contribution in [-0.2, 0) is 13.5 Å². The van der Waals surface area contributed by atoms with Crippen molar-refractivity contribution >= 4 is 5.71 Å². The summed E-state index contributed by atoms with van der Waals surface area (Å²) >= 11 is 0. The zero-order valence-electron chi connectivity index (χ0n) is 11.4. The Morgan fingerprint density at radius 3 is 2.90 bits per heavy atom. The van der Waals surface area contributed by atoms with Crippen molar-refractivity contribution < 1.29 is 14.3 Å². The minimum absolute atomic E-state index is 0.306. The summed E-state index contributed by atoms with van der Waals surface area (Å²) in [5.41, 5.74) is 1.79. The smallest absolute Gasteiger partial charge is 0.128 e. The molecule has 0 aliphatic carbocycles. The topological polar surface area (TPSA) is 59.6 Å². The normalized spacial score (nSPS) is 11.7. The first kappa shape index (κ1) is 14.0. The van der Waals surface area contributed by atoms with Crippen molar-refractivity contribution in [3.8, 4) is 5.75 Å². The molecule has 5 nitrogen and oxygen atoms in total. The van der Waals surface area contributed by atoms with Gasteiger partial charge >= 0.3 is 0 Å². The van der Waals surface area contributed by atoms with E-state index >= 15 is 0 Å². The minimum Gasteiger partial charge on any atom is -0.492 e. The van der Waals surface area contributed by atoms with Gasteiger partial charge in [-0.3, -0.25) is 4.68 Å². The molecule has 0 amide bonds. The Hall–Kier alpha value is -2.37.